The van der Waals surface area contributed by atoms with E-state index in [1.165, 1.54) is 6.07 Å². The lowest BCUT2D eigenvalue weighted by molar-refractivity contribution is 0.461. The molecule has 0 spiro atoms. The van der Waals surface area contributed by atoms with Crippen LogP contribution in [0.3, 0.4) is 0 Å². The number of benzene rings is 1. The van der Waals surface area contributed by atoms with E-state index in [9.17, 15) is 4.39 Å². The van der Waals surface area contributed by atoms with Gasteiger partial charge in [0.2, 0.25) is 0 Å². The van der Waals surface area contributed by atoms with Crippen LogP contribution in [0.1, 0.15) is 19.4 Å². The molecule has 13 heavy (non-hydrogen) atoms. The van der Waals surface area contributed by atoms with Crippen LogP contribution in [-0.2, 0) is 6.42 Å². The molecule has 72 valence electrons. The minimum absolute atomic E-state index is 0.0592. The van der Waals surface area contributed by atoms with Crippen molar-refractivity contribution in [1.29, 1.82) is 0 Å². The minimum Gasteiger partial charge on any atom is -0.508 e. The van der Waals surface area contributed by atoms with Gasteiger partial charge in [0.15, 0.2) is 0 Å². The molecule has 1 aromatic carbocycles. The summed E-state index contributed by atoms with van der Waals surface area (Å²) >= 11 is 0. The summed E-state index contributed by atoms with van der Waals surface area (Å²) in [5.41, 5.74) is 5.85. The second-order valence-electron chi connectivity index (χ2n) is 3.94. The van der Waals surface area contributed by atoms with E-state index in [0.717, 1.165) is 6.07 Å². The van der Waals surface area contributed by atoms with Crippen LogP contribution in [0.5, 0.6) is 5.75 Å². The van der Waals surface area contributed by atoms with Gasteiger partial charge in [0.05, 0.1) is 0 Å². The average molecular weight is 183 g/mol. The molecule has 0 unspecified atom stereocenters. The molecule has 0 fully saturated rings. The standard InChI is InChI=1S/C10H14FNO/c1-10(2,12)6-7-3-4-8(13)5-9(7)11/h3-5,13H,6,12H2,1-2H3. The Bertz CT molecular complexity index is 304. The van der Waals surface area contributed by atoms with Crippen molar-refractivity contribution in [2.24, 2.45) is 5.73 Å². The first kappa shape index (κ1) is 9.99. The number of phenolic OH excluding ortho intramolecular Hbond substituents is 1. The lowest BCUT2D eigenvalue weighted by Gasteiger charge is -2.18. The Hall–Kier alpha value is -1.09. The van der Waals surface area contributed by atoms with Crippen LogP contribution in [0.4, 0.5) is 4.39 Å². The molecule has 0 aromatic heterocycles. The first-order valence-electron chi connectivity index (χ1n) is 4.15. The molecule has 0 heterocycles. The molecule has 0 saturated carbocycles. The van der Waals surface area contributed by atoms with Crippen molar-refractivity contribution >= 4 is 0 Å². The molecule has 0 aliphatic carbocycles. The van der Waals surface area contributed by atoms with Gasteiger partial charge in [-0.1, -0.05) is 6.07 Å². The van der Waals surface area contributed by atoms with E-state index in [-0.39, 0.29) is 5.75 Å². The van der Waals surface area contributed by atoms with Gasteiger partial charge in [-0.15, -0.1) is 0 Å². The topological polar surface area (TPSA) is 46.2 Å². The third-order valence-electron chi connectivity index (χ3n) is 1.68. The van der Waals surface area contributed by atoms with E-state index < -0.39 is 11.4 Å². The van der Waals surface area contributed by atoms with E-state index in [0.29, 0.717) is 12.0 Å². The molecule has 0 saturated heterocycles. The SMILES string of the molecule is CC(C)(N)Cc1ccc(O)cc1F. The molecule has 1 rings (SSSR count). The number of halogens is 1. The summed E-state index contributed by atoms with van der Waals surface area (Å²) in [6.45, 7) is 3.67. The van der Waals surface area contributed by atoms with E-state index in [1.807, 2.05) is 13.8 Å². The molecule has 2 nitrogen and oxygen atoms in total. The first-order valence-corrected chi connectivity index (χ1v) is 4.15. The minimum atomic E-state index is -0.433. The Morgan fingerprint density at radius 3 is 2.54 bits per heavy atom. The van der Waals surface area contributed by atoms with E-state index in [2.05, 4.69) is 0 Å². The van der Waals surface area contributed by atoms with Crippen LogP contribution in [0.25, 0.3) is 0 Å². The first-order chi connectivity index (χ1) is 5.88. The van der Waals surface area contributed by atoms with Crippen molar-refractivity contribution in [3.05, 3.63) is 29.6 Å². The van der Waals surface area contributed by atoms with E-state index >= 15 is 0 Å². The number of aromatic hydroxyl groups is 1. The third kappa shape index (κ3) is 3.03. The Morgan fingerprint density at radius 2 is 2.08 bits per heavy atom. The fourth-order valence-electron chi connectivity index (χ4n) is 1.17. The highest BCUT2D eigenvalue weighted by molar-refractivity contribution is 5.28. The zero-order valence-corrected chi connectivity index (χ0v) is 7.84. The zero-order chi connectivity index (χ0) is 10.1. The van der Waals surface area contributed by atoms with E-state index in [1.54, 1.807) is 6.07 Å². The molecular weight excluding hydrogens is 169 g/mol. The van der Waals surface area contributed by atoms with Crippen LogP contribution in [-0.4, -0.2) is 10.6 Å². The number of phenols is 1. The lowest BCUT2D eigenvalue weighted by atomic mass is 9.96. The smallest absolute Gasteiger partial charge is 0.130 e. The predicted molar refractivity (Wildman–Crippen MR) is 50.0 cm³/mol. The molecule has 3 heteroatoms. The van der Waals surface area contributed by atoms with Crippen molar-refractivity contribution in [3.63, 3.8) is 0 Å². The highest BCUT2D eigenvalue weighted by Gasteiger charge is 2.14. The van der Waals surface area contributed by atoms with Gasteiger partial charge in [-0.05, 0) is 31.9 Å². The summed E-state index contributed by atoms with van der Waals surface area (Å²) in [6, 6.07) is 4.12. The number of rotatable bonds is 2. The maximum absolute atomic E-state index is 13.2. The predicted octanol–water partition coefficient (Wildman–Crippen LogP) is 1.81. The fourth-order valence-corrected chi connectivity index (χ4v) is 1.17. The van der Waals surface area contributed by atoms with Crippen molar-refractivity contribution in [3.8, 4) is 5.75 Å². The Morgan fingerprint density at radius 1 is 1.46 bits per heavy atom. The van der Waals surface area contributed by atoms with Crippen LogP contribution >= 0.6 is 0 Å². The summed E-state index contributed by atoms with van der Waals surface area (Å²) in [6.07, 6.45) is 0.457. The summed E-state index contributed by atoms with van der Waals surface area (Å²) in [7, 11) is 0. The van der Waals surface area contributed by atoms with Crippen molar-refractivity contribution < 1.29 is 9.50 Å². The molecule has 3 N–H and O–H groups in total. The van der Waals surface area contributed by atoms with Crippen molar-refractivity contribution in [2.75, 3.05) is 0 Å². The molecule has 0 aliphatic heterocycles. The second-order valence-corrected chi connectivity index (χ2v) is 3.94. The second kappa shape index (κ2) is 3.34. The summed E-state index contributed by atoms with van der Waals surface area (Å²) < 4.78 is 13.2. The molecule has 0 radical (unpaired) electrons. The lowest BCUT2D eigenvalue weighted by Crippen LogP contribution is -2.34. The summed E-state index contributed by atoms with van der Waals surface area (Å²) in [5.74, 6) is -0.463. The molecular formula is C10H14FNO. The van der Waals surface area contributed by atoms with Gasteiger partial charge in [-0.2, -0.15) is 0 Å². The molecule has 0 amide bonds. The van der Waals surface area contributed by atoms with Gasteiger partial charge in [-0.3, -0.25) is 0 Å². The van der Waals surface area contributed by atoms with Gasteiger partial charge in [-0.25, -0.2) is 4.39 Å². The fraction of sp³-hybridized carbons (Fsp3) is 0.400. The van der Waals surface area contributed by atoms with Gasteiger partial charge in [0, 0.05) is 11.6 Å². The number of hydrogen-bond acceptors (Lipinski definition) is 2. The Balaban J connectivity index is 2.90. The molecule has 1 aromatic rings. The van der Waals surface area contributed by atoms with Crippen molar-refractivity contribution in [1.82, 2.24) is 0 Å². The summed E-state index contributed by atoms with van der Waals surface area (Å²) in [4.78, 5) is 0. The Labute approximate surface area is 77.2 Å². The van der Waals surface area contributed by atoms with E-state index in [4.69, 9.17) is 10.8 Å². The molecule has 0 bridgehead atoms. The highest BCUT2D eigenvalue weighted by atomic mass is 19.1. The monoisotopic (exact) mass is 183 g/mol. The van der Waals surface area contributed by atoms with Crippen LogP contribution in [0, 0.1) is 5.82 Å². The number of nitrogens with two attached hydrogens (primary N) is 1. The largest absolute Gasteiger partial charge is 0.508 e. The summed E-state index contributed by atoms with van der Waals surface area (Å²) in [5, 5.41) is 8.96. The zero-order valence-electron chi connectivity index (χ0n) is 7.84. The average Bonchev–Trinajstić information content (AvgIpc) is 1.93. The highest BCUT2D eigenvalue weighted by Crippen LogP contribution is 2.18. The van der Waals surface area contributed by atoms with Crippen LogP contribution < -0.4 is 5.73 Å². The molecule has 0 atom stereocenters. The van der Waals surface area contributed by atoms with Gasteiger partial charge in [0.1, 0.15) is 11.6 Å². The molecule has 0 aliphatic rings. The quantitative estimate of drug-likeness (QED) is 0.734. The maximum atomic E-state index is 13.2. The normalized spacial score (nSPS) is 11.7. The van der Waals surface area contributed by atoms with Gasteiger partial charge in [0.25, 0.3) is 0 Å². The van der Waals surface area contributed by atoms with Gasteiger partial charge >= 0.3 is 0 Å². The van der Waals surface area contributed by atoms with Crippen LogP contribution in [0.15, 0.2) is 18.2 Å². The Kier molecular flexibility index (Phi) is 2.57. The van der Waals surface area contributed by atoms with Crippen LogP contribution in [0.2, 0.25) is 0 Å². The number of hydrogen-bond donors (Lipinski definition) is 2. The third-order valence-corrected chi connectivity index (χ3v) is 1.68. The van der Waals surface area contributed by atoms with Crippen molar-refractivity contribution in [2.45, 2.75) is 25.8 Å². The maximum Gasteiger partial charge on any atom is 0.130 e. The van der Waals surface area contributed by atoms with Gasteiger partial charge < -0.3 is 10.8 Å².